The van der Waals surface area contributed by atoms with Crippen molar-refractivity contribution in [3.63, 3.8) is 0 Å². The Labute approximate surface area is 158 Å². The molecule has 5 heterocycles. The fourth-order valence-electron chi connectivity index (χ4n) is 3.21. The molecule has 0 saturated carbocycles. The molecule has 0 saturated heterocycles. The lowest BCUT2D eigenvalue weighted by atomic mass is 10.2. The van der Waals surface area contributed by atoms with E-state index in [-0.39, 0.29) is 3.55 Å². The van der Waals surface area contributed by atoms with Gasteiger partial charge in [-0.1, -0.05) is 6.08 Å². The molecule has 25 heavy (non-hydrogen) atoms. The van der Waals surface area contributed by atoms with Gasteiger partial charge in [-0.25, -0.2) is 9.98 Å². The minimum Gasteiger partial charge on any atom is -0.368 e. The highest BCUT2D eigenvalue weighted by Gasteiger charge is 2.29. The van der Waals surface area contributed by atoms with Gasteiger partial charge in [-0.05, 0) is 83.3 Å². The highest BCUT2D eigenvalue weighted by atomic mass is 127. The lowest BCUT2D eigenvalue weighted by Gasteiger charge is -2.20. The van der Waals surface area contributed by atoms with Crippen LogP contribution in [0.1, 0.15) is 6.42 Å². The second-order valence-electron chi connectivity index (χ2n) is 6.39. The number of halogens is 1. The number of H-pyrrole nitrogens is 1. The van der Waals surface area contributed by atoms with Crippen LogP contribution in [0.25, 0.3) is 12.2 Å². The largest absolute Gasteiger partial charge is 0.368 e. The Morgan fingerprint density at radius 3 is 2.32 bits per heavy atom. The zero-order chi connectivity index (χ0) is 16.9. The molecule has 4 aliphatic heterocycles. The van der Waals surface area contributed by atoms with E-state index < -0.39 is 0 Å². The standard InChI is InChI=1S/C20H15IN4/c21-20-8-7-18(25-20)11-17-4-3-14(23-17)9-13-1-2-15(22-13)10-16-5-6-19(12-20)24-16/h1-7,9-12,22,25H,8H2/b13-9-,15-10-,17-11-,19-12-. The second-order valence-corrected chi connectivity index (χ2v) is 8.31. The first-order valence-electron chi connectivity index (χ1n) is 8.18. The normalized spacial score (nSPS) is 32.9. The summed E-state index contributed by atoms with van der Waals surface area (Å²) in [5.41, 5.74) is 4.96. The Kier molecular flexibility index (Phi) is 3.31. The van der Waals surface area contributed by atoms with E-state index in [1.165, 1.54) is 0 Å². The predicted molar refractivity (Wildman–Crippen MR) is 111 cm³/mol. The quantitative estimate of drug-likeness (QED) is 0.365. The molecule has 2 N–H and O–H groups in total. The fraction of sp³-hybridized carbons (Fsp3) is 0.100. The molecule has 0 amide bonds. The van der Waals surface area contributed by atoms with Crippen molar-refractivity contribution in [2.45, 2.75) is 9.97 Å². The van der Waals surface area contributed by atoms with Crippen molar-refractivity contribution >= 4 is 46.2 Å². The van der Waals surface area contributed by atoms with Crippen molar-refractivity contribution in [2.75, 3.05) is 0 Å². The number of alkyl halides is 1. The highest BCUT2D eigenvalue weighted by molar-refractivity contribution is 14.1. The Morgan fingerprint density at radius 2 is 1.56 bits per heavy atom. The van der Waals surface area contributed by atoms with E-state index in [0.29, 0.717) is 0 Å². The van der Waals surface area contributed by atoms with Gasteiger partial charge in [-0.2, -0.15) is 0 Å². The van der Waals surface area contributed by atoms with Crippen LogP contribution in [0.2, 0.25) is 0 Å². The van der Waals surface area contributed by atoms with Gasteiger partial charge in [0.15, 0.2) is 0 Å². The maximum absolute atomic E-state index is 4.72. The predicted octanol–water partition coefficient (Wildman–Crippen LogP) is 2.39. The van der Waals surface area contributed by atoms with E-state index in [1.807, 2.05) is 18.2 Å². The monoisotopic (exact) mass is 438 g/mol. The van der Waals surface area contributed by atoms with Crippen LogP contribution >= 0.6 is 22.6 Å². The Balaban J connectivity index is 1.67. The van der Waals surface area contributed by atoms with E-state index in [1.54, 1.807) is 0 Å². The van der Waals surface area contributed by atoms with Crippen LogP contribution in [-0.2, 0) is 0 Å². The van der Waals surface area contributed by atoms with Crippen molar-refractivity contribution in [2.24, 2.45) is 9.98 Å². The summed E-state index contributed by atoms with van der Waals surface area (Å²) >= 11 is 2.45. The van der Waals surface area contributed by atoms with E-state index in [4.69, 9.17) is 4.99 Å². The molecule has 4 aliphatic rings. The maximum Gasteiger partial charge on any atom is 0.114 e. The number of rotatable bonds is 0. The summed E-state index contributed by atoms with van der Waals surface area (Å²) in [6.45, 7) is 0. The summed E-state index contributed by atoms with van der Waals surface area (Å²) in [5.74, 6) is 0. The van der Waals surface area contributed by atoms with Gasteiger partial charge in [0.25, 0.3) is 0 Å². The molecule has 1 atom stereocenters. The Morgan fingerprint density at radius 1 is 0.880 bits per heavy atom. The van der Waals surface area contributed by atoms with Gasteiger partial charge in [0.1, 0.15) is 3.55 Å². The van der Waals surface area contributed by atoms with Crippen molar-refractivity contribution in [1.29, 1.82) is 0 Å². The third kappa shape index (κ3) is 3.00. The zero-order valence-corrected chi connectivity index (χ0v) is 15.5. The summed E-state index contributed by atoms with van der Waals surface area (Å²) in [7, 11) is 0. The van der Waals surface area contributed by atoms with E-state index in [2.05, 4.69) is 86.5 Å². The second kappa shape index (κ2) is 5.56. The third-order valence-corrected chi connectivity index (χ3v) is 5.38. The van der Waals surface area contributed by atoms with Gasteiger partial charge in [-0.15, -0.1) is 0 Å². The van der Waals surface area contributed by atoms with Crippen LogP contribution in [0.5, 0.6) is 0 Å². The number of hydrogen-bond acceptors (Lipinski definition) is 3. The number of allylic oxidation sites excluding steroid dienone is 5. The summed E-state index contributed by atoms with van der Waals surface area (Å²) in [6, 6.07) is 4.12. The zero-order valence-electron chi connectivity index (χ0n) is 13.3. The van der Waals surface area contributed by atoms with Crippen molar-refractivity contribution in [3.8, 4) is 0 Å². The van der Waals surface area contributed by atoms with Crippen molar-refractivity contribution in [3.05, 3.63) is 82.5 Å². The number of aromatic nitrogens is 1. The molecule has 0 radical (unpaired) electrons. The molecule has 1 unspecified atom stereocenters. The Hall–Kier alpha value is -2.41. The summed E-state index contributed by atoms with van der Waals surface area (Å²) in [6.07, 6.45) is 19.7. The lowest BCUT2D eigenvalue weighted by Crippen LogP contribution is -2.31. The van der Waals surface area contributed by atoms with Crippen LogP contribution in [0.4, 0.5) is 0 Å². The minimum atomic E-state index is -0.152. The molecular formula is C20H15IN4. The maximum atomic E-state index is 4.72. The number of nitrogens with zero attached hydrogens (tertiary/aromatic N) is 2. The van der Waals surface area contributed by atoms with E-state index in [9.17, 15) is 0 Å². The molecule has 5 rings (SSSR count). The van der Waals surface area contributed by atoms with Gasteiger partial charge in [-0.3, -0.25) is 0 Å². The number of fused-ring (bicyclic) bond motifs is 6. The van der Waals surface area contributed by atoms with Crippen LogP contribution < -0.4 is 16.0 Å². The SMILES string of the molecule is IC12/C=C3/C=CC(=N3)/C=c3/cc/c([nH]3)=C/C3=NC(=C\C(=CC1)N2)/C=C3. The van der Waals surface area contributed by atoms with Crippen LogP contribution in [0.3, 0.4) is 0 Å². The number of aromatic amines is 1. The van der Waals surface area contributed by atoms with Gasteiger partial charge < -0.3 is 10.3 Å². The first-order chi connectivity index (χ1) is 12.1. The molecule has 4 nitrogen and oxygen atoms in total. The van der Waals surface area contributed by atoms with Crippen LogP contribution in [0.15, 0.2) is 81.7 Å². The van der Waals surface area contributed by atoms with E-state index in [0.717, 1.165) is 45.6 Å². The van der Waals surface area contributed by atoms with Gasteiger partial charge in [0.2, 0.25) is 0 Å². The first-order valence-corrected chi connectivity index (χ1v) is 9.25. The molecule has 1 aromatic rings. The minimum absolute atomic E-state index is 0.152. The fourth-order valence-corrected chi connectivity index (χ4v) is 4.06. The smallest absolute Gasteiger partial charge is 0.114 e. The molecule has 0 fully saturated rings. The summed E-state index contributed by atoms with van der Waals surface area (Å²) < 4.78 is -0.152. The third-order valence-electron chi connectivity index (χ3n) is 4.36. The highest BCUT2D eigenvalue weighted by Crippen LogP contribution is 2.32. The van der Waals surface area contributed by atoms with Gasteiger partial charge in [0, 0.05) is 22.8 Å². The van der Waals surface area contributed by atoms with Crippen molar-refractivity contribution in [1.82, 2.24) is 10.3 Å². The van der Waals surface area contributed by atoms with E-state index >= 15 is 0 Å². The number of hydrogen-bond donors (Lipinski definition) is 2. The first kappa shape index (κ1) is 14.9. The van der Waals surface area contributed by atoms with Gasteiger partial charge >= 0.3 is 0 Å². The topological polar surface area (TPSA) is 52.5 Å². The van der Waals surface area contributed by atoms with Gasteiger partial charge in [0.05, 0.1) is 22.8 Å². The molecule has 0 aliphatic carbocycles. The lowest BCUT2D eigenvalue weighted by molar-refractivity contribution is 0.711. The Bertz CT molecular complexity index is 1100. The number of aliphatic imine (C=N–C) groups is 2. The molecule has 8 bridgehead atoms. The molecule has 122 valence electrons. The summed E-state index contributed by atoms with van der Waals surface area (Å²) in [5, 5.41) is 5.65. The average Bonchev–Trinajstić information content (AvgIpc) is 3.32. The average molecular weight is 438 g/mol. The molecule has 5 heteroatoms. The van der Waals surface area contributed by atoms with Crippen LogP contribution in [-0.4, -0.2) is 20.0 Å². The molecular weight excluding hydrogens is 423 g/mol. The number of nitrogens with one attached hydrogen (secondary N) is 2. The van der Waals surface area contributed by atoms with Crippen molar-refractivity contribution < 1.29 is 0 Å². The summed E-state index contributed by atoms with van der Waals surface area (Å²) in [4.78, 5) is 12.8. The van der Waals surface area contributed by atoms with Crippen LogP contribution in [0, 0.1) is 0 Å². The molecule has 0 aromatic carbocycles. The molecule has 0 spiro atoms. The molecule has 1 aromatic heterocycles.